The molecule has 8 rings (SSSR count). The van der Waals surface area contributed by atoms with Gasteiger partial charge in [-0.3, -0.25) is 4.79 Å². The molecule has 2 heterocycles. The fourth-order valence-corrected chi connectivity index (χ4v) is 13.9. The Hall–Kier alpha value is -0.770. The number of aliphatic hydroxyl groups is 3. The van der Waals surface area contributed by atoms with Gasteiger partial charge in [0.2, 0.25) is 5.91 Å². The number of carbonyl (C=O) groups excluding carboxylic acids is 1. The van der Waals surface area contributed by atoms with Crippen molar-refractivity contribution in [2.24, 2.45) is 56.7 Å². The van der Waals surface area contributed by atoms with Crippen LogP contribution in [0.5, 0.6) is 0 Å². The highest BCUT2D eigenvalue weighted by molar-refractivity contribution is 5.81. The third kappa shape index (κ3) is 4.15. The van der Waals surface area contributed by atoms with Crippen LogP contribution in [0.3, 0.4) is 0 Å². The van der Waals surface area contributed by atoms with E-state index in [1.54, 1.807) is 13.8 Å². The van der Waals surface area contributed by atoms with Gasteiger partial charge in [-0.05, 0) is 123 Å². The first-order valence-corrected chi connectivity index (χ1v) is 18.8. The molecule has 46 heavy (non-hydrogen) atoms. The largest absolute Gasteiger partial charge is 0.390 e. The van der Waals surface area contributed by atoms with Gasteiger partial charge in [-0.1, -0.05) is 34.6 Å². The molecule has 0 aromatic carbocycles. The lowest BCUT2D eigenvalue weighted by molar-refractivity contribution is -0.248. The summed E-state index contributed by atoms with van der Waals surface area (Å²) in [6.07, 6.45) is 8.23. The van der Waals surface area contributed by atoms with Crippen LogP contribution >= 0.6 is 0 Å². The van der Waals surface area contributed by atoms with E-state index in [0.29, 0.717) is 49.3 Å². The van der Waals surface area contributed by atoms with Gasteiger partial charge in [-0.25, -0.2) is 0 Å². The van der Waals surface area contributed by atoms with Crippen molar-refractivity contribution in [2.75, 3.05) is 19.7 Å². The van der Waals surface area contributed by atoms with Gasteiger partial charge < -0.3 is 34.4 Å². The van der Waals surface area contributed by atoms with E-state index in [2.05, 4.69) is 34.6 Å². The number of carbonyl (C=O) groups is 1. The fraction of sp³-hybridized carbons (Fsp3) is 0.974. The third-order valence-electron chi connectivity index (χ3n) is 16.4. The van der Waals surface area contributed by atoms with Crippen molar-refractivity contribution in [3.63, 3.8) is 0 Å². The van der Waals surface area contributed by atoms with Crippen molar-refractivity contribution in [3.05, 3.63) is 0 Å². The number of rotatable bonds is 5. The van der Waals surface area contributed by atoms with Crippen LogP contribution in [0.1, 0.15) is 113 Å². The summed E-state index contributed by atoms with van der Waals surface area (Å²) in [5.74, 6) is 2.06. The second-order valence-corrected chi connectivity index (χ2v) is 19.1. The number of ether oxygens (including phenoxy) is 3. The topological polar surface area (TPSA) is 109 Å². The lowest BCUT2D eigenvalue weighted by atomic mass is 9.41. The molecule has 5 unspecified atom stereocenters. The summed E-state index contributed by atoms with van der Waals surface area (Å²) in [6, 6.07) is 0. The Morgan fingerprint density at radius 1 is 1.00 bits per heavy atom. The highest BCUT2D eigenvalue weighted by Crippen LogP contribution is 2.89. The number of morpholine rings is 1. The minimum atomic E-state index is -1.25. The van der Waals surface area contributed by atoms with Crippen molar-refractivity contribution in [1.29, 1.82) is 0 Å². The van der Waals surface area contributed by atoms with Gasteiger partial charge in [0.1, 0.15) is 6.10 Å². The lowest BCUT2D eigenvalue weighted by Crippen LogP contribution is -2.60. The smallest absolute Gasteiger partial charge is 0.225 e. The van der Waals surface area contributed by atoms with Gasteiger partial charge in [-0.15, -0.1) is 0 Å². The van der Waals surface area contributed by atoms with Crippen molar-refractivity contribution in [1.82, 2.24) is 4.90 Å². The molecule has 3 N–H and O–H groups in total. The van der Waals surface area contributed by atoms with Crippen LogP contribution < -0.4 is 0 Å². The number of hydrogen-bond acceptors (Lipinski definition) is 7. The maximum atomic E-state index is 12.8. The van der Waals surface area contributed by atoms with E-state index in [4.69, 9.17) is 14.2 Å². The highest BCUT2D eigenvalue weighted by atomic mass is 16.7. The minimum absolute atomic E-state index is 0.000869. The van der Waals surface area contributed by atoms with E-state index in [1.165, 1.54) is 19.3 Å². The number of hydrogen-bond donors (Lipinski definition) is 3. The molecule has 8 heteroatoms. The van der Waals surface area contributed by atoms with Crippen LogP contribution in [0.15, 0.2) is 0 Å². The van der Waals surface area contributed by atoms with Gasteiger partial charge in [-0.2, -0.15) is 0 Å². The van der Waals surface area contributed by atoms with Gasteiger partial charge in [0.05, 0.1) is 43.2 Å². The monoisotopic (exact) mass is 643 g/mol. The predicted octanol–water partition coefficient (Wildman–Crippen LogP) is 4.91. The number of amides is 1. The summed E-state index contributed by atoms with van der Waals surface area (Å²) in [7, 11) is 0. The standard InChI is InChI=1S/C38H61NO7/c1-21-18-23(30(40)34(4,5)43)45-29-28(21)35(6)14-15-38-20-37(38)13-12-26(46-27-19-39(16-17-44-27)32(42)22-8-9-22)33(2,3)24(37)10-11-25(38)36(35,7)31(29)41/h21-31,40-41,43H,8-20H2,1-7H3/t21-,23-,24+,25+,26?,27?,28?,29+,30?,31+,35-,36-,37?,38+/m1/s1. The van der Waals surface area contributed by atoms with Crippen LogP contribution in [0.2, 0.25) is 0 Å². The van der Waals surface area contributed by atoms with E-state index in [0.717, 1.165) is 38.5 Å². The fourth-order valence-electron chi connectivity index (χ4n) is 13.9. The first kappa shape index (κ1) is 32.4. The molecule has 6 aliphatic carbocycles. The summed E-state index contributed by atoms with van der Waals surface area (Å²) in [5, 5.41) is 34.1. The molecule has 0 aromatic rings. The molecule has 2 saturated heterocycles. The Balaban J connectivity index is 1.02. The van der Waals surface area contributed by atoms with Crippen molar-refractivity contribution in [3.8, 4) is 0 Å². The second kappa shape index (κ2) is 10.2. The summed E-state index contributed by atoms with van der Waals surface area (Å²) in [4.78, 5) is 14.8. The SMILES string of the molecule is C[C@@H]1C[C@H](C(O)C(C)(C)O)O[C@H]2C1[C@@]1(C)CC[C@@]34CC35CCC(OC3CN(C(=O)C6CC6)CCO3)C(C)(C)[C@@H]5CC[C@H]4[C@]1(C)[C@H]2O. The van der Waals surface area contributed by atoms with Gasteiger partial charge in [0.15, 0.2) is 6.29 Å². The van der Waals surface area contributed by atoms with Gasteiger partial charge in [0, 0.05) is 17.9 Å². The summed E-state index contributed by atoms with van der Waals surface area (Å²) < 4.78 is 19.6. The molecule has 2 spiro atoms. The van der Waals surface area contributed by atoms with E-state index in [1.807, 2.05) is 4.90 Å². The van der Waals surface area contributed by atoms with Crippen LogP contribution in [0.25, 0.3) is 0 Å². The molecule has 8 aliphatic rings. The molecule has 8 fully saturated rings. The Labute approximate surface area is 276 Å². The van der Waals surface area contributed by atoms with E-state index in [9.17, 15) is 20.1 Å². The van der Waals surface area contributed by atoms with Crippen molar-refractivity contribution < 1.29 is 34.3 Å². The normalized spacial score (nSPS) is 53.3. The molecule has 2 aliphatic heterocycles. The Morgan fingerprint density at radius 2 is 1.70 bits per heavy atom. The average Bonchev–Trinajstić information content (AvgIpc) is 3.92. The molecular weight excluding hydrogens is 582 g/mol. The summed E-state index contributed by atoms with van der Waals surface area (Å²) in [6.45, 7) is 17.1. The molecule has 6 saturated carbocycles. The maximum Gasteiger partial charge on any atom is 0.225 e. The van der Waals surface area contributed by atoms with Crippen molar-refractivity contribution >= 4 is 5.91 Å². The van der Waals surface area contributed by atoms with Crippen LogP contribution in [0.4, 0.5) is 0 Å². The zero-order valence-electron chi connectivity index (χ0n) is 29.5. The molecule has 0 aromatic heterocycles. The molecule has 260 valence electrons. The zero-order valence-corrected chi connectivity index (χ0v) is 29.5. The molecule has 8 nitrogen and oxygen atoms in total. The zero-order chi connectivity index (χ0) is 32.8. The van der Waals surface area contributed by atoms with Crippen LogP contribution in [0, 0.1) is 56.7 Å². The first-order chi connectivity index (χ1) is 21.5. The molecule has 14 atom stereocenters. The molecular formula is C38H61NO7. The summed E-state index contributed by atoms with van der Waals surface area (Å²) >= 11 is 0. The minimum Gasteiger partial charge on any atom is -0.390 e. The third-order valence-corrected chi connectivity index (χ3v) is 16.4. The van der Waals surface area contributed by atoms with Crippen LogP contribution in [-0.2, 0) is 19.0 Å². The second-order valence-electron chi connectivity index (χ2n) is 19.1. The van der Waals surface area contributed by atoms with E-state index in [-0.39, 0.29) is 57.9 Å². The Kier molecular flexibility index (Phi) is 7.16. The number of aliphatic hydroxyl groups excluding tert-OH is 2. The molecule has 0 radical (unpaired) electrons. The maximum absolute atomic E-state index is 12.8. The quantitative estimate of drug-likeness (QED) is 0.391. The van der Waals surface area contributed by atoms with Crippen molar-refractivity contribution in [2.45, 2.75) is 155 Å². The predicted molar refractivity (Wildman–Crippen MR) is 172 cm³/mol. The van der Waals surface area contributed by atoms with Gasteiger partial charge >= 0.3 is 0 Å². The number of nitrogens with zero attached hydrogens (tertiary/aromatic N) is 1. The van der Waals surface area contributed by atoms with E-state index < -0.39 is 23.9 Å². The van der Waals surface area contributed by atoms with E-state index >= 15 is 0 Å². The molecule has 0 bridgehead atoms. The van der Waals surface area contributed by atoms with Gasteiger partial charge in [0.25, 0.3) is 0 Å². The average molecular weight is 644 g/mol. The molecule has 1 amide bonds. The van der Waals surface area contributed by atoms with Crippen LogP contribution in [-0.4, -0.2) is 88.2 Å². The lowest BCUT2D eigenvalue weighted by Gasteiger charge is -2.64. The highest BCUT2D eigenvalue weighted by Gasteiger charge is 2.84. The number of fused-ring (bicyclic) bond motifs is 4. The Morgan fingerprint density at radius 3 is 2.39 bits per heavy atom. The Bertz CT molecular complexity index is 1250. The first-order valence-electron chi connectivity index (χ1n) is 18.8. The summed E-state index contributed by atoms with van der Waals surface area (Å²) in [5.41, 5.74) is -0.999.